The van der Waals surface area contributed by atoms with E-state index in [1.165, 1.54) is 22.8 Å². The molecule has 1 aromatic carbocycles. The first-order valence-electron chi connectivity index (χ1n) is 9.67. The van der Waals surface area contributed by atoms with Gasteiger partial charge in [-0.1, -0.05) is 12.1 Å². The minimum atomic E-state index is -1.04. The van der Waals surface area contributed by atoms with Crippen LogP contribution in [-0.4, -0.2) is 65.3 Å². The standard InChI is InChI=1S/C21H22N2O7S/c1-2-30-19(25)12-18-23(13-17(24)22-7-9-29-10-8-22)20(26)16(31-18)11-14-3-5-15(6-4-14)21(27)28/h3-6,11-12H,2,7-10,13H2,1H3,(H,27,28)/b16-11-,18-12-. The first-order chi connectivity index (χ1) is 14.9. The molecule has 31 heavy (non-hydrogen) atoms. The Morgan fingerprint density at radius 3 is 2.48 bits per heavy atom. The Morgan fingerprint density at radius 2 is 1.87 bits per heavy atom. The lowest BCUT2D eigenvalue weighted by Gasteiger charge is -2.26. The number of carboxylic acid groups (broad SMARTS) is 1. The van der Waals surface area contributed by atoms with Gasteiger partial charge >= 0.3 is 11.9 Å². The Kier molecular flexibility index (Phi) is 7.37. The van der Waals surface area contributed by atoms with E-state index < -0.39 is 17.5 Å². The van der Waals surface area contributed by atoms with Gasteiger partial charge in [0.25, 0.3) is 5.56 Å². The molecule has 9 nitrogen and oxygen atoms in total. The quantitative estimate of drug-likeness (QED) is 0.603. The lowest BCUT2D eigenvalue weighted by atomic mass is 10.1. The van der Waals surface area contributed by atoms with E-state index in [-0.39, 0.29) is 24.6 Å². The number of carbonyl (C=O) groups is 3. The van der Waals surface area contributed by atoms with Crippen LogP contribution in [0, 0.1) is 0 Å². The number of thiazole rings is 1. The fourth-order valence-corrected chi connectivity index (χ4v) is 4.03. The average molecular weight is 446 g/mol. The van der Waals surface area contributed by atoms with Gasteiger partial charge in [0.15, 0.2) is 0 Å². The number of nitrogens with zero attached hydrogens (tertiary/aromatic N) is 2. The minimum Gasteiger partial charge on any atom is -0.478 e. The van der Waals surface area contributed by atoms with Gasteiger partial charge in [0.2, 0.25) is 5.91 Å². The van der Waals surface area contributed by atoms with Gasteiger partial charge in [-0.2, -0.15) is 0 Å². The van der Waals surface area contributed by atoms with E-state index in [4.69, 9.17) is 14.6 Å². The second-order valence-electron chi connectivity index (χ2n) is 6.66. The molecule has 1 aliphatic heterocycles. The molecule has 0 spiro atoms. The number of carbonyl (C=O) groups excluding carboxylic acids is 2. The summed E-state index contributed by atoms with van der Waals surface area (Å²) in [5.41, 5.74) is 0.343. The summed E-state index contributed by atoms with van der Waals surface area (Å²) in [6, 6.07) is 6.04. The van der Waals surface area contributed by atoms with Crippen molar-refractivity contribution in [3.63, 3.8) is 0 Å². The number of ether oxygens (including phenoxy) is 2. The molecule has 2 aromatic rings. The number of benzene rings is 1. The lowest BCUT2D eigenvalue weighted by Crippen LogP contribution is -2.45. The Balaban J connectivity index is 2.00. The van der Waals surface area contributed by atoms with E-state index >= 15 is 0 Å². The average Bonchev–Trinajstić information content (AvgIpc) is 3.03. The number of aromatic carboxylic acids is 1. The molecule has 1 saturated heterocycles. The van der Waals surface area contributed by atoms with E-state index in [1.807, 2.05) is 0 Å². The molecule has 0 atom stereocenters. The zero-order valence-electron chi connectivity index (χ0n) is 16.9. The van der Waals surface area contributed by atoms with E-state index in [2.05, 4.69) is 0 Å². The Bertz CT molecular complexity index is 1140. The van der Waals surface area contributed by atoms with Crippen LogP contribution in [0.25, 0.3) is 12.2 Å². The van der Waals surface area contributed by atoms with Crippen LogP contribution in [0.4, 0.5) is 0 Å². The molecule has 1 fully saturated rings. The first-order valence-corrected chi connectivity index (χ1v) is 10.5. The van der Waals surface area contributed by atoms with Crippen molar-refractivity contribution in [2.45, 2.75) is 13.5 Å². The van der Waals surface area contributed by atoms with E-state index in [0.717, 1.165) is 11.3 Å². The SMILES string of the molecule is CCOC(=O)/C=c1\s/c(=C\c2ccc(C(=O)O)cc2)c(=O)n1CC(=O)N1CCOCC1. The van der Waals surface area contributed by atoms with Crippen LogP contribution in [0.5, 0.6) is 0 Å². The maximum atomic E-state index is 13.0. The van der Waals surface area contributed by atoms with Crippen molar-refractivity contribution in [1.29, 1.82) is 0 Å². The van der Waals surface area contributed by atoms with E-state index in [9.17, 15) is 19.2 Å². The molecule has 3 rings (SSSR count). The number of esters is 1. The van der Waals surface area contributed by atoms with Gasteiger partial charge in [-0.3, -0.25) is 14.2 Å². The topological polar surface area (TPSA) is 115 Å². The highest BCUT2D eigenvalue weighted by Gasteiger charge is 2.19. The summed E-state index contributed by atoms with van der Waals surface area (Å²) in [5.74, 6) is -1.88. The van der Waals surface area contributed by atoms with Gasteiger partial charge in [-0.05, 0) is 30.7 Å². The van der Waals surface area contributed by atoms with Crippen molar-refractivity contribution >= 4 is 41.3 Å². The highest BCUT2D eigenvalue weighted by Crippen LogP contribution is 2.05. The zero-order valence-corrected chi connectivity index (χ0v) is 17.7. The highest BCUT2D eigenvalue weighted by atomic mass is 32.1. The summed E-state index contributed by atoms with van der Waals surface area (Å²) in [7, 11) is 0. The Hall–Kier alpha value is -3.24. The fourth-order valence-electron chi connectivity index (χ4n) is 3.00. The second kappa shape index (κ2) is 10.2. The smallest absolute Gasteiger partial charge is 0.335 e. The second-order valence-corrected chi connectivity index (χ2v) is 7.72. The van der Waals surface area contributed by atoms with E-state index in [0.29, 0.717) is 41.1 Å². The van der Waals surface area contributed by atoms with Gasteiger partial charge in [-0.15, -0.1) is 11.3 Å². The zero-order chi connectivity index (χ0) is 22.4. The monoisotopic (exact) mass is 446 g/mol. The molecule has 0 unspecified atom stereocenters. The molecular weight excluding hydrogens is 424 g/mol. The third kappa shape index (κ3) is 5.68. The van der Waals surface area contributed by atoms with Crippen LogP contribution in [0.1, 0.15) is 22.8 Å². The molecule has 1 aliphatic rings. The van der Waals surface area contributed by atoms with Crippen LogP contribution in [0.15, 0.2) is 29.1 Å². The predicted molar refractivity (Wildman–Crippen MR) is 113 cm³/mol. The summed E-state index contributed by atoms with van der Waals surface area (Å²) in [4.78, 5) is 50.3. The van der Waals surface area contributed by atoms with Gasteiger partial charge < -0.3 is 19.5 Å². The summed E-state index contributed by atoms with van der Waals surface area (Å²) in [6.45, 7) is 3.44. The van der Waals surface area contributed by atoms with E-state index in [1.54, 1.807) is 30.0 Å². The van der Waals surface area contributed by atoms with Crippen molar-refractivity contribution in [3.05, 3.63) is 54.9 Å². The normalized spacial score (nSPS) is 15.2. The molecule has 2 heterocycles. The van der Waals surface area contributed by atoms with Crippen molar-refractivity contribution in [3.8, 4) is 0 Å². The molecule has 1 N–H and O–H groups in total. The maximum Gasteiger partial charge on any atom is 0.335 e. The number of morpholine rings is 1. The molecule has 0 saturated carbocycles. The van der Waals surface area contributed by atoms with Gasteiger partial charge in [0.1, 0.15) is 11.2 Å². The van der Waals surface area contributed by atoms with Crippen LogP contribution < -0.4 is 14.8 Å². The largest absolute Gasteiger partial charge is 0.478 e. The van der Waals surface area contributed by atoms with Crippen molar-refractivity contribution in [2.24, 2.45) is 0 Å². The van der Waals surface area contributed by atoms with Gasteiger partial charge in [0, 0.05) is 13.1 Å². The number of aromatic nitrogens is 1. The predicted octanol–water partition coefficient (Wildman–Crippen LogP) is -0.361. The molecule has 164 valence electrons. The molecule has 1 amide bonds. The van der Waals surface area contributed by atoms with Crippen LogP contribution >= 0.6 is 11.3 Å². The van der Waals surface area contributed by atoms with Crippen LogP contribution in [-0.2, 0) is 25.6 Å². The summed E-state index contributed by atoms with van der Waals surface area (Å²) in [5, 5.41) is 9.02. The van der Waals surface area contributed by atoms with Crippen molar-refractivity contribution < 1.29 is 29.0 Å². The number of amides is 1. The maximum absolute atomic E-state index is 13.0. The Labute approximate surface area is 181 Å². The summed E-state index contributed by atoms with van der Waals surface area (Å²) in [6.07, 6.45) is 2.80. The van der Waals surface area contributed by atoms with Crippen LogP contribution in [0.2, 0.25) is 0 Å². The number of hydrogen-bond donors (Lipinski definition) is 1. The summed E-state index contributed by atoms with van der Waals surface area (Å²) < 4.78 is 12.1. The Morgan fingerprint density at radius 1 is 1.19 bits per heavy atom. The fraction of sp³-hybridized carbons (Fsp3) is 0.333. The molecule has 0 radical (unpaired) electrons. The lowest BCUT2D eigenvalue weighted by molar-refractivity contribution is -0.136. The number of carboxylic acids is 1. The van der Waals surface area contributed by atoms with Gasteiger partial charge in [-0.25, -0.2) is 9.59 Å². The number of hydrogen-bond acceptors (Lipinski definition) is 7. The summed E-state index contributed by atoms with van der Waals surface area (Å²) >= 11 is 1.06. The van der Waals surface area contributed by atoms with Crippen molar-refractivity contribution in [2.75, 3.05) is 32.9 Å². The molecule has 10 heteroatoms. The first kappa shape index (κ1) is 22.4. The molecule has 0 aliphatic carbocycles. The highest BCUT2D eigenvalue weighted by molar-refractivity contribution is 7.07. The molecule has 1 aromatic heterocycles. The molecular formula is C21H22N2O7S. The van der Waals surface area contributed by atoms with Crippen molar-refractivity contribution in [1.82, 2.24) is 9.47 Å². The third-order valence-corrected chi connectivity index (χ3v) is 5.64. The van der Waals surface area contributed by atoms with Gasteiger partial charge in [0.05, 0.1) is 36.0 Å². The third-order valence-electron chi connectivity index (χ3n) is 4.58. The van der Waals surface area contributed by atoms with Crippen LogP contribution in [0.3, 0.4) is 0 Å². The molecule has 0 bridgehead atoms. The number of rotatable bonds is 6. The minimum absolute atomic E-state index is 0.133.